The van der Waals surface area contributed by atoms with Crippen LogP contribution in [-0.4, -0.2) is 50.3 Å². The molecule has 2 aromatic carbocycles. The monoisotopic (exact) mass is 384 g/mol. The third kappa shape index (κ3) is 5.03. The van der Waals surface area contributed by atoms with Crippen LogP contribution in [-0.2, 0) is 11.3 Å². The molecule has 2 unspecified atom stereocenters. The summed E-state index contributed by atoms with van der Waals surface area (Å²) in [5, 5.41) is 3.03. The Labute approximate surface area is 166 Å². The molecule has 1 fully saturated rings. The minimum absolute atomic E-state index is 0.201. The molecule has 1 aliphatic heterocycles. The maximum Gasteiger partial charge on any atom is 0.255 e. The van der Waals surface area contributed by atoms with Gasteiger partial charge in [0.25, 0.3) is 5.91 Å². The Bertz CT molecular complexity index is 792. The van der Waals surface area contributed by atoms with Crippen molar-refractivity contribution < 1.29 is 19.0 Å². The number of carbonyl (C=O) groups excluding carboxylic acids is 1. The first-order valence-electron chi connectivity index (χ1n) is 9.48. The average molecular weight is 384 g/mol. The largest absolute Gasteiger partial charge is 0.497 e. The van der Waals surface area contributed by atoms with Gasteiger partial charge in [-0.15, -0.1) is 0 Å². The Morgan fingerprint density at radius 3 is 2.29 bits per heavy atom. The lowest BCUT2D eigenvalue weighted by Crippen LogP contribution is -2.44. The highest BCUT2D eigenvalue weighted by molar-refractivity contribution is 6.05. The number of methoxy groups -OCH3 is 2. The molecule has 0 aliphatic carbocycles. The number of nitrogens with one attached hydrogen (secondary N) is 1. The van der Waals surface area contributed by atoms with Crippen molar-refractivity contribution in [1.29, 1.82) is 0 Å². The van der Waals surface area contributed by atoms with E-state index < -0.39 is 0 Å². The van der Waals surface area contributed by atoms with Crippen LogP contribution < -0.4 is 14.8 Å². The summed E-state index contributed by atoms with van der Waals surface area (Å²) in [4.78, 5) is 15.2. The number of benzene rings is 2. The number of carbonyl (C=O) groups is 1. The van der Waals surface area contributed by atoms with Gasteiger partial charge in [-0.3, -0.25) is 9.69 Å². The summed E-state index contributed by atoms with van der Waals surface area (Å²) in [6.45, 7) is 6.69. The predicted molar refractivity (Wildman–Crippen MR) is 109 cm³/mol. The number of ether oxygens (including phenoxy) is 3. The van der Waals surface area contributed by atoms with Crippen molar-refractivity contribution in [2.45, 2.75) is 32.6 Å². The van der Waals surface area contributed by atoms with E-state index in [4.69, 9.17) is 14.2 Å². The van der Waals surface area contributed by atoms with Gasteiger partial charge in [0.15, 0.2) is 0 Å². The molecular formula is C22H28N2O4. The van der Waals surface area contributed by atoms with E-state index >= 15 is 0 Å². The van der Waals surface area contributed by atoms with Crippen LogP contribution in [0.15, 0.2) is 42.5 Å². The summed E-state index contributed by atoms with van der Waals surface area (Å²) >= 11 is 0. The highest BCUT2D eigenvalue weighted by Gasteiger charge is 2.23. The van der Waals surface area contributed by atoms with Gasteiger partial charge >= 0.3 is 0 Å². The SMILES string of the molecule is COc1cc(OC)cc(C(=O)Nc2ccccc2CN2CC(C)OC(C)C2)c1. The zero-order valence-electron chi connectivity index (χ0n) is 16.9. The molecule has 0 radical (unpaired) electrons. The van der Waals surface area contributed by atoms with Crippen molar-refractivity contribution in [3.8, 4) is 11.5 Å². The van der Waals surface area contributed by atoms with Gasteiger partial charge in [0, 0.05) is 37.0 Å². The summed E-state index contributed by atoms with van der Waals surface area (Å²) in [6.07, 6.45) is 0.407. The molecule has 6 heteroatoms. The Hall–Kier alpha value is -2.57. The molecule has 1 amide bonds. The smallest absolute Gasteiger partial charge is 0.255 e. The third-order valence-corrected chi connectivity index (χ3v) is 4.77. The van der Waals surface area contributed by atoms with E-state index in [1.165, 1.54) is 0 Å². The fourth-order valence-electron chi connectivity index (χ4n) is 3.57. The van der Waals surface area contributed by atoms with Crippen LogP contribution in [0.5, 0.6) is 11.5 Å². The number of nitrogens with zero attached hydrogens (tertiary/aromatic N) is 1. The lowest BCUT2D eigenvalue weighted by atomic mass is 10.1. The first-order chi connectivity index (χ1) is 13.5. The molecule has 1 aliphatic rings. The van der Waals surface area contributed by atoms with Gasteiger partial charge in [-0.25, -0.2) is 0 Å². The molecule has 1 heterocycles. The Kier molecular flexibility index (Phi) is 6.54. The van der Waals surface area contributed by atoms with Crippen molar-refractivity contribution in [2.24, 2.45) is 0 Å². The summed E-state index contributed by atoms with van der Waals surface area (Å²) in [7, 11) is 3.13. The fraction of sp³-hybridized carbons (Fsp3) is 0.409. The molecular weight excluding hydrogens is 356 g/mol. The maximum absolute atomic E-state index is 12.8. The van der Waals surface area contributed by atoms with Gasteiger partial charge < -0.3 is 19.5 Å². The Morgan fingerprint density at radius 2 is 1.68 bits per heavy atom. The fourth-order valence-corrected chi connectivity index (χ4v) is 3.57. The van der Waals surface area contributed by atoms with E-state index in [-0.39, 0.29) is 18.1 Å². The number of anilines is 1. The lowest BCUT2D eigenvalue weighted by molar-refractivity contribution is -0.0704. The number of hydrogen-bond acceptors (Lipinski definition) is 5. The molecule has 2 aromatic rings. The molecule has 3 rings (SSSR count). The molecule has 1 saturated heterocycles. The van der Waals surface area contributed by atoms with Gasteiger partial charge in [-0.1, -0.05) is 18.2 Å². The van der Waals surface area contributed by atoms with E-state index in [1.807, 2.05) is 24.3 Å². The number of hydrogen-bond donors (Lipinski definition) is 1. The second kappa shape index (κ2) is 9.08. The van der Waals surface area contributed by atoms with Crippen LogP contribution in [0, 0.1) is 0 Å². The number of amides is 1. The van der Waals surface area contributed by atoms with Crippen molar-refractivity contribution in [1.82, 2.24) is 4.90 Å². The van der Waals surface area contributed by atoms with Gasteiger partial charge in [-0.2, -0.15) is 0 Å². The van der Waals surface area contributed by atoms with E-state index in [1.54, 1.807) is 32.4 Å². The van der Waals surface area contributed by atoms with Crippen LogP contribution in [0.25, 0.3) is 0 Å². The number of morpholine rings is 1. The molecule has 28 heavy (non-hydrogen) atoms. The summed E-state index contributed by atoms with van der Waals surface area (Å²) < 4.78 is 16.3. The first-order valence-corrected chi connectivity index (χ1v) is 9.48. The van der Waals surface area contributed by atoms with Crippen LogP contribution in [0.1, 0.15) is 29.8 Å². The molecule has 2 atom stereocenters. The van der Waals surface area contributed by atoms with Crippen molar-refractivity contribution in [2.75, 3.05) is 32.6 Å². The summed E-state index contributed by atoms with van der Waals surface area (Å²) in [5.74, 6) is 0.955. The molecule has 0 saturated carbocycles. The topological polar surface area (TPSA) is 60.0 Å². The highest BCUT2D eigenvalue weighted by atomic mass is 16.5. The summed E-state index contributed by atoms with van der Waals surface area (Å²) in [6, 6.07) is 13.0. The molecule has 0 bridgehead atoms. The second-order valence-corrected chi connectivity index (χ2v) is 7.16. The maximum atomic E-state index is 12.8. The van der Waals surface area contributed by atoms with E-state index in [0.29, 0.717) is 17.1 Å². The second-order valence-electron chi connectivity index (χ2n) is 7.16. The predicted octanol–water partition coefficient (Wildman–Crippen LogP) is 3.57. The normalized spacial score (nSPS) is 19.9. The van der Waals surface area contributed by atoms with Gasteiger partial charge in [0.2, 0.25) is 0 Å². The van der Waals surface area contributed by atoms with E-state index in [0.717, 1.165) is 30.9 Å². The van der Waals surface area contributed by atoms with Crippen molar-refractivity contribution in [3.63, 3.8) is 0 Å². The van der Waals surface area contributed by atoms with E-state index in [9.17, 15) is 4.79 Å². The number of rotatable bonds is 6. The molecule has 150 valence electrons. The quantitative estimate of drug-likeness (QED) is 0.825. The van der Waals surface area contributed by atoms with E-state index in [2.05, 4.69) is 24.1 Å². The standard InChI is InChI=1S/C22H28N2O4/c1-15-12-24(13-16(2)28-15)14-17-7-5-6-8-21(17)23-22(25)18-9-19(26-3)11-20(10-18)27-4/h5-11,15-16H,12-14H2,1-4H3,(H,23,25). The summed E-state index contributed by atoms with van der Waals surface area (Å²) in [5.41, 5.74) is 2.37. The zero-order chi connectivity index (χ0) is 20.1. The molecule has 6 nitrogen and oxygen atoms in total. The minimum Gasteiger partial charge on any atom is -0.497 e. The lowest BCUT2D eigenvalue weighted by Gasteiger charge is -2.35. The number of para-hydroxylation sites is 1. The Balaban J connectivity index is 1.77. The Morgan fingerprint density at radius 1 is 1.07 bits per heavy atom. The molecule has 1 N–H and O–H groups in total. The van der Waals surface area contributed by atoms with Gasteiger partial charge in [0.05, 0.1) is 26.4 Å². The van der Waals surface area contributed by atoms with Crippen molar-refractivity contribution >= 4 is 11.6 Å². The molecule has 0 aromatic heterocycles. The van der Waals surface area contributed by atoms with Gasteiger partial charge in [0.1, 0.15) is 11.5 Å². The van der Waals surface area contributed by atoms with Crippen LogP contribution in [0.3, 0.4) is 0 Å². The van der Waals surface area contributed by atoms with Crippen LogP contribution >= 0.6 is 0 Å². The first kappa shape index (κ1) is 20.2. The minimum atomic E-state index is -0.201. The highest BCUT2D eigenvalue weighted by Crippen LogP contribution is 2.25. The van der Waals surface area contributed by atoms with Crippen LogP contribution in [0.2, 0.25) is 0 Å². The molecule has 0 spiro atoms. The van der Waals surface area contributed by atoms with Gasteiger partial charge in [-0.05, 0) is 37.6 Å². The zero-order valence-corrected chi connectivity index (χ0v) is 16.9. The average Bonchev–Trinajstić information content (AvgIpc) is 2.68. The van der Waals surface area contributed by atoms with Crippen LogP contribution in [0.4, 0.5) is 5.69 Å². The third-order valence-electron chi connectivity index (χ3n) is 4.77. The van der Waals surface area contributed by atoms with Crippen molar-refractivity contribution in [3.05, 3.63) is 53.6 Å².